The van der Waals surface area contributed by atoms with E-state index in [-0.39, 0.29) is 0 Å². The highest BCUT2D eigenvalue weighted by atomic mass is 16.5. The van der Waals surface area contributed by atoms with E-state index in [0.29, 0.717) is 18.4 Å². The van der Waals surface area contributed by atoms with Crippen molar-refractivity contribution in [1.82, 2.24) is 0 Å². The minimum absolute atomic E-state index is 0.357. The maximum Gasteiger partial charge on any atom is 0.193 e. The van der Waals surface area contributed by atoms with E-state index < -0.39 is 0 Å². The molecule has 5 heteroatoms. The zero-order chi connectivity index (χ0) is 18.9. The van der Waals surface area contributed by atoms with E-state index in [9.17, 15) is 0 Å². The normalized spacial score (nSPS) is 12.5. The van der Waals surface area contributed by atoms with Gasteiger partial charge in [0, 0.05) is 12.2 Å². The van der Waals surface area contributed by atoms with E-state index in [2.05, 4.69) is 42.4 Å². The van der Waals surface area contributed by atoms with Crippen molar-refractivity contribution in [1.29, 1.82) is 0 Å². The summed E-state index contributed by atoms with van der Waals surface area (Å²) in [6, 6.07) is 14.2. The van der Waals surface area contributed by atoms with Gasteiger partial charge < -0.3 is 20.5 Å². The summed E-state index contributed by atoms with van der Waals surface area (Å²) in [5.41, 5.74) is 9.45. The van der Waals surface area contributed by atoms with Crippen molar-refractivity contribution < 1.29 is 9.47 Å². The maximum atomic E-state index is 6.00. The lowest BCUT2D eigenvalue weighted by atomic mass is 10.0. The van der Waals surface area contributed by atoms with Crippen LogP contribution in [0.5, 0.6) is 11.5 Å². The second-order valence-electron chi connectivity index (χ2n) is 6.40. The monoisotopic (exact) mass is 355 g/mol. The summed E-state index contributed by atoms with van der Waals surface area (Å²) in [5, 5.41) is 3.14. The van der Waals surface area contributed by atoms with Crippen molar-refractivity contribution in [3.05, 3.63) is 53.6 Å². The molecule has 0 saturated carbocycles. The highest BCUT2D eigenvalue weighted by molar-refractivity contribution is 5.92. The van der Waals surface area contributed by atoms with Crippen LogP contribution in [0.2, 0.25) is 0 Å². The first-order valence-electron chi connectivity index (χ1n) is 8.92. The van der Waals surface area contributed by atoms with Gasteiger partial charge in [-0.05, 0) is 54.2 Å². The Labute approximate surface area is 156 Å². The van der Waals surface area contributed by atoms with E-state index in [1.165, 1.54) is 11.1 Å². The van der Waals surface area contributed by atoms with Gasteiger partial charge in [-0.15, -0.1) is 0 Å². The molecule has 140 valence electrons. The zero-order valence-corrected chi connectivity index (χ0v) is 16.1. The minimum Gasteiger partial charge on any atom is -0.493 e. The van der Waals surface area contributed by atoms with Crippen LogP contribution in [0.1, 0.15) is 25.0 Å². The summed E-state index contributed by atoms with van der Waals surface area (Å²) < 4.78 is 10.6. The van der Waals surface area contributed by atoms with Gasteiger partial charge in [0.1, 0.15) is 0 Å². The summed E-state index contributed by atoms with van der Waals surface area (Å²) in [6.45, 7) is 4.95. The molecule has 0 saturated heterocycles. The van der Waals surface area contributed by atoms with Crippen molar-refractivity contribution in [3.63, 3.8) is 0 Å². The number of nitrogens with two attached hydrogens (primary N) is 1. The molecule has 0 radical (unpaired) electrons. The van der Waals surface area contributed by atoms with E-state index in [1.807, 2.05) is 24.3 Å². The van der Waals surface area contributed by atoms with Gasteiger partial charge in [0.2, 0.25) is 0 Å². The maximum absolute atomic E-state index is 6.00. The Kier molecular flexibility index (Phi) is 7.33. The van der Waals surface area contributed by atoms with Crippen LogP contribution in [-0.2, 0) is 12.8 Å². The van der Waals surface area contributed by atoms with E-state index >= 15 is 0 Å². The van der Waals surface area contributed by atoms with Crippen molar-refractivity contribution in [3.8, 4) is 11.5 Å². The number of guanidine groups is 1. The van der Waals surface area contributed by atoms with Crippen molar-refractivity contribution in [2.45, 2.75) is 26.7 Å². The molecule has 0 spiro atoms. The summed E-state index contributed by atoms with van der Waals surface area (Å²) in [6.07, 6.45) is 1.92. The molecular formula is C21H29N3O2. The fourth-order valence-corrected chi connectivity index (χ4v) is 2.74. The molecule has 1 atom stereocenters. The Morgan fingerprint density at radius 2 is 1.69 bits per heavy atom. The average Bonchev–Trinajstić information content (AvgIpc) is 2.67. The van der Waals surface area contributed by atoms with Crippen LogP contribution in [0.3, 0.4) is 0 Å². The van der Waals surface area contributed by atoms with Crippen LogP contribution in [0, 0.1) is 5.92 Å². The smallest absolute Gasteiger partial charge is 0.193 e. The van der Waals surface area contributed by atoms with Gasteiger partial charge in [-0.3, -0.25) is 4.99 Å². The van der Waals surface area contributed by atoms with Crippen molar-refractivity contribution in [2.75, 3.05) is 26.1 Å². The number of nitrogens with zero attached hydrogens (tertiary/aromatic N) is 1. The van der Waals surface area contributed by atoms with Crippen molar-refractivity contribution in [2.24, 2.45) is 16.6 Å². The molecule has 0 aliphatic carbocycles. The van der Waals surface area contributed by atoms with Gasteiger partial charge in [-0.25, -0.2) is 0 Å². The highest BCUT2D eigenvalue weighted by Crippen LogP contribution is 2.28. The van der Waals surface area contributed by atoms with Crippen LogP contribution in [0.4, 0.5) is 5.69 Å². The SMILES string of the molecule is CCc1ccc(NC(N)=NCC(C)Cc2ccc(OC)c(OC)c2)cc1. The van der Waals surface area contributed by atoms with E-state index in [1.54, 1.807) is 14.2 Å². The number of hydrogen-bond donors (Lipinski definition) is 2. The predicted octanol–water partition coefficient (Wildman–Crippen LogP) is 3.87. The van der Waals surface area contributed by atoms with Gasteiger partial charge in [-0.1, -0.05) is 32.0 Å². The Morgan fingerprint density at radius 3 is 2.31 bits per heavy atom. The van der Waals surface area contributed by atoms with E-state index in [0.717, 1.165) is 30.0 Å². The number of aryl methyl sites for hydroxylation is 1. The fourth-order valence-electron chi connectivity index (χ4n) is 2.74. The summed E-state index contributed by atoms with van der Waals surface area (Å²) in [5.74, 6) is 2.28. The van der Waals surface area contributed by atoms with Gasteiger partial charge in [-0.2, -0.15) is 0 Å². The number of methoxy groups -OCH3 is 2. The number of nitrogens with one attached hydrogen (secondary N) is 1. The third kappa shape index (κ3) is 5.69. The van der Waals surface area contributed by atoms with Crippen LogP contribution < -0.4 is 20.5 Å². The average molecular weight is 355 g/mol. The van der Waals surface area contributed by atoms with Gasteiger partial charge >= 0.3 is 0 Å². The Hall–Kier alpha value is -2.69. The molecule has 26 heavy (non-hydrogen) atoms. The number of benzene rings is 2. The summed E-state index contributed by atoms with van der Waals surface area (Å²) in [7, 11) is 3.29. The molecule has 0 heterocycles. The highest BCUT2D eigenvalue weighted by Gasteiger charge is 2.08. The lowest BCUT2D eigenvalue weighted by molar-refractivity contribution is 0.354. The molecule has 1 unspecified atom stereocenters. The molecule has 2 rings (SSSR count). The van der Waals surface area contributed by atoms with Gasteiger partial charge in [0.25, 0.3) is 0 Å². The van der Waals surface area contributed by atoms with Crippen molar-refractivity contribution >= 4 is 11.6 Å². The summed E-state index contributed by atoms with van der Waals surface area (Å²) in [4.78, 5) is 4.46. The third-order valence-corrected chi connectivity index (χ3v) is 4.24. The standard InChI is InChI=1S/C21H29N3O2/c1-5-16-6-9-18(10-7-16)24-21(22)23-14-15(2)12-17-8-11-19(25-3)20(13-17)26-4/h6-11,13,15H,5,12,14H2,1-4H3,(H3,22,23,24). The predicted molar refractivity (Wildman–Crippen MR) is 108 cm³/mol. The number of ether oxygens (including phenoxy) is 2. The fraction of sp³-hybridized carbons (Fsp3) is 0.381. The number of anilines is 1. The number of hydrogen-bond acceptors (Lipinski definition) is 3. The molecule has 2 aromatic rings. The van der Waals surface area contributed by atoms with Crippen LogP contribution >= 0.6 is 0 Å². The first kappa shape index (κ1) is 19.6. The third-order valence-electron chi connectivity index (χ3n) is 4.24. The van der Waals surface area contributed by atoms with Crippen LogP contribution in [0.15, 0.2) is 47.5 Å². The Bertz CT molecular complexity index is 727. The number of rotatable bonds is 8. The van der Waals surface area contributed by atoms with E-state index in [4.69, 9.17) is 15.2 Å². The lowest BCUT2D eigenvalue weighted by Crippen LogP contribution is -2.23. The lowest BCUT2D eigenvalue weighted by Gasteiger charge is -2.13. The molecule has 2 aromatic carbocycles. The van der Waals surface area contributed by atoms with Gasteiger partial charge in [0.15, 0.2) is 17.5 Å². The molecule has 0 fully saturated rings. The zero-order valence-electron chi connectivity index (χ0n) is 16.1. The molecule has 0 aliphatic rings. The Balaban J connectivity index is 1.90. The van der Waals surface area contributed by atoms with Gasteiger partial charge in [0.05, 0.1) is 14.2 Å². The molecule has 0 aliphatic heterocycles. The molecule has 0 bridgehead atoms. The summed E-state index contributed by atoms with van der Waals surface area (Å²) >= 11 is 0. The first-order valence-corrected chi connectivity index (χ1v) is 8.92. The first-order chi connectivity index (χ1) is 12.5. The minimum atomic E-state index is 0.357. The van der Waals surface area contributed by atoms with Crippen LogP contribution in [0.25, 0.3) is 0 Å². The second-order valence-corrected chi connectivity index (χ2v) is 6.40. The molecular weight excluding hydrogens is 326 g/mol. The molecule has 5 nitrogen and oxygen atoms in total. The largest absolute Gasteiger partial charge is 0.493 e. The molecule has 0 amide bonds. The van der Waals surface area contributed by atoms with Crippen LogP contribution in [-0.4, -0.2) is 26.7 Å². The molecule has 0 aromatic heterocycles. The topological polar surface area (TPSA) is 68.9 Å². The number of aliphatic imine (C=N–C) groups is 1. The molecule has 3 N–H and O–H groups in total. The second kappa shape index (κ2) is 9.70. The quantitative estimate of drug-likeness (QED) is 0.557. The Morgan fingerprint density at radius 1 is 1.04 bits per heavy atom.